The first kappa shape index (κ1) is 19.3. The van der Waals surface area contributed by atoms with Crippen molar-refractivity contribution in [3.8, 4) is 0 Å². The molecular formula is C12H28IN3O. The number of nitrogens with one attached hydrogen (secondary N) is 2. The van der Waals surface area contributed by atoms with Crippen LogP contribution in [0.25, 0.3) is 0 Å². The fraction of sp³-hybridized carbons (Fsp3) is 0.917. The molecule has 0 saturated carbocycles. The van der Waals surface area contributed by atoms with Crippen LogP contribution in [0.1, 0.15) is 40.0 Å². The van der Waals surface area contributed by atoms with Crippen LogP contribution in [-0.2, 0) is 4.74 Å². The Bertz CT molecular complexity index is 177. The van der Waals surface area contributed by atoms with Crippen molar-refractivity contribution in [1.82, 2.24) is 10.6 Å². The fourth-order valence-electron chi connectivity index (χ4n) is 1.28. The van der Waals surface area contributed by atoms with Gasteiger partial charge in [-0.15, -0.1) is 24.0 Å². The molecule has 0 aliphatic carbocycles. The van der Waals surface area contributed by atoms with Crippen molar-refractivity contribution in [2.24, 2.45) is 4.99 Å². The van der Waals surface area contributed by atoms with Crippen LogP contribution >= 0.6 is 24.0 Å². The summed E-state index contributed by atoms with van der Waals surface area (Å²) >= 11 is 0. The summed E-state index contributed by atoms with van der Waals surface area (Å²) in [5.74, 6) is 0.901. The van der Waals surface area contributed by atoms with Crippen LogP contribution in [0.15, 0.2) is 4.99 Å². The van der Waals surface area contributed by atoms with E-state index in [4.69, 9.17) is 4.74 Å². The van der Waals surface area contributed by atoms with Crippen molar-refractivity contribution in [3.63, 3.8) is 0 Å². The average molecular weight is 357 g/mol. The highest BCUT2D eigenvalue weighted by atomic mass is 127. The zero-order chi connectivity index (χ0) is 12.1. The predicted octanol–water partition coefficient (Wildman–Crippen LogP) is 2.39. The molecule has 5 heteroatoms. The van der Waals surface area contributed by atoms with Gasteiger partial charge in [0.15, 0.2) is 5.96 Å². The highest BCUT2D eigenvalue weighted by molar-refractivity contribution is 14.0. The maximum atomic E-state index is 5.26. The molecule has 0 radical (unpaired) electrons. The Morgan fingerprint density at radius 1 is 1.12 bits per heavy atom. The van der Waals surface area contributed by atoms with Crippen LogP contribution in [-0.4, -0.2) is 38.8 Å². The highest BCUT2D eigenvalue weighted by Crippen LogP contribution is 1.93. The van der Waals surface area contributed by atoms with Crippen LogP contribution in [0.3, 0.4) is 0 Å². The van der Waals surface area contributed by atoms with E-state index >= 15 is 0 Å². The molecule has 0 atom stereocenters. The highest BCUT2D eigenvalue weighted by Gasteiger charge is 1.95. The van der Waals surface area contributed by atoms with E-state index in [0.717, 1.165) is 38.8 Å². The quantitative estimate of drug-likeness (QED) is 0.288. The van der Waals surface area contributed by atoms with Crippen molar-refractivity contribution in [1.29, 1.82) is 0 Å². The van der Waals surface area contributed by atoms with Crippen LogP contribution in [0.4, 0.5) is 0 Å². The van der Waals surface area contributed by atoms with E-state index in [1.54, 1.807) is 0 Å². The maximum Gasteiger partial charge on any atom is 0.191 e. The van der Waals surface area contributed by atoms with Gasteiger partial charge in [-0.05, 0) is 20.3 Å². The van der Waals surface area contributed by atoms with Gasteiger partial charge in [0.05, 0.1) is 6.61 Å². The lowest BCUT2D eigenvalue weighted by Crippen LogP contribution is -2.39. The van der Waals surface area contributed by atoms with Crippen molar-refractivity contribution in [2.45, 2.75) is 40.0 Å². The third-order valence-electron chi connectivity index (χ3n) is 2.12. The van der Waals surface area contributed by atoms with E-state index in [1.807, 2.05) is 6.92 Å². The Labute approximate surface area is 123 Å². The second-order valence-corrected chi connectivity index (χ2v) is 3.59. The van der Waals surface area contributed by atoms with Gasteiger partial charge in [-0.1, -0.05) is 19.8 Å². The second-order valence-electron chi connectivity index (χ2n) is 3.59. The van der Waals surface area contributed by atoms with Gasteiger partial charge >= 0.3 is 0 Å². The lowest BCUT2D eigenvalue weighted by Gasteiger charge is -2.10. The zero-order valence-corrected chi connectivity index (χ0v) is 13.8. The molecule has 0 aromatic heterocycles. The number of halogens is 1. The molecule has 0 spiro atoms. The zero-order valence-electron chi connectivity index (χ0n) is 11.4. The maximum absolute atomic E-state index is 5.26. The fourth-order valence-corrected chi connectivity index (χ4v) is 1.28. The Kier molecular flexibility index (Phi) is 18.1. The van der Waals surface area contributed by atoms with Gasteiger partial charge in [0, 0.05) is 26.2 Å². The molecule has 0 heterocycles. The van der Waals surface area contributed by atoms with E-state index < -0.39 is 0 Å². The number of aliphatic imine (C=N–C) groups is 1. The molecule has 0 rings (SSSR count). The van der Waals surface area contributed by atoms with Crippen molar-refractivity contribution in [2.75, 3.05) is 32.8 Å². The Balaban J connectivity index is 0. The molecule has 0 aliphatic heterocycles. The first-order valence-corrected chi connectivity index (χ1v) is 6.45. The summed E-state index contributed by atoms with van der Waals surface area (Å²) in [6.07, 6.45) is 3.66. The molecule has 0 aromatic carbocycles. The summed E-state index contributed by atoms with van der Waals surface area (Å²) in [4.78, 5) is 4.49. The molecular weight excluding hydrogens is 329 g/mol. The lowest BCUT2D eigenvalue weighted by atomic mass is 10.2. The number of rotatable bonds is 9. The predicted molar refractivity (Wildman–Crippen MR) is 85.4 cm³/mol. The van der Waals surface area contributed by atoms with E-state index in [-0.39, 0.29) is 24.0 Å². The minimum Gasteiger partial charge on any atom is -0.380 e. The molecule has 0 aliphatic rings. The normalized spacial score (nSPS) is 10.9. The largest absolute Gasteiger partial charge is 0.380 e. The molecule has 0 aromatic rings. The Morgan fingerprint density at radius 2 is 1.88 bits per heavy atom. The summed E-state index contributed by atoms with van der Waals surface area (Å²) in [6.45, 7) is 10.4. The summed E-state index contributed by atoms with van der Waals surface area (Å²) in [7, 11) is 0. The summed E-state index contributed by atoms with van der Waals surface area (Å²) in [6, 6.07) is 0. The summed E-state index contributed by atoms with van der Waals surface area (Å²) in [5, 5.41) is 6.47. The van der Waals surface area contributed by atoms with Gasteiger partial charge in [0.2, 0.25) is 0 Å². The van der Waals surface area contributed by atoms with E-state index in [9.17, 15) is 0 Å². The molecule has 2 N–H and O–H groups in total. The minimum absolute atomic E-state index is 0. The minimum atomic E-state index is 0. The van der Waals surface area contributed by atoms with Crippen LogP contribution < -0.4 is 10.6 Å². The Morgan fingerprint density at radius 3 is 2.47 bits per heavy atom. The van der Waals surface area contributed by atoms with Gasteiger partial charge in [-0.3, -0.25) is 4.99 Å². The topological polar surface area (TPSA) is 45.7 Å². The second kappa shape index (κ2) is 16.0. The first-order chi connectivity index (χ1) is 7.85. The number of guanidine groups is 1. The number of hydrogen-bond donors (Lipinski definition) is 2. The number of hydrogen-bond acceptors (Lipinski definition) is 2. The number of unbranched alkanes of at least 4 members (excludes halogenated alkanes) is 2. The van der Waals surface area contributed by atoms with Gasteiger partial charge in [0.1, 0.15) is 0 Å². The van der Waals surface area contributed by atoms with E-state index in [2.05, 4.69) is 29.5 Å². The average Bonchev–Trinajstić information content (AvgIpc) is 2.30. The molecule has 0 saturated heterocycles. The Hall–Kier alpha value is -0.0400. The van der Waals surface area contributed by atoms with Crippen LogP contribution in [0.2, 0.25) is 0 Å². The first-order valence-electron chi connectivity index (χ1n) is 6.45. The van der Waals surface area contributed by atoms with Crippen LogP contribution in [0.5, 0.6) is 0 Å². The molecule has 0 unspecified atom stereocenters. The van der Waals surface area contributed by atoms with Gasteiger partial charge in [0.25, 0.3) is 0 Å². The van der Waals surface area contributed by atoms with Gasteiger partial charge < -0.3 is 15.4 Å². The monoisotopic (exact) mass is 357 g/mol. The standard InChI is InChI=1S/C12H27N3O.HI/c1-4-7-8-9-14-12(13-5-2)15-10-11-16-6-3;/h4-11H2,1-3H3,(H2,13,14,15);1H. The molecule has 0 fully saturated rings. The SMILES string of the molecule is CCCCCN=C(NCC)NCCOCC.I. The van der Waals surface area contributed by atoms with Gasteiger partial charge in [-0.2, -0.15) is 0 Å². The molecule has 104 valence electrons. The third-order valence-corrected chi connectivity index (χ3v) is 2.12. The smallest absolute Gasteiger partial charge is 0.191 e. The van der Waals surface area contributed by atoms with E-state index in [1.165, 1.54) is 19.3 Å². The van der Waals surface area contributed by atoms with Crippen LogP contribution in [0, 0.1) is 0 Å². The van der Waals surface area contributed by atoms with E-state index in [0.29, 0.717) is 0 Å². The molecule has 0 amide bonds. The summed E-state index contributed by atoms with van der Waals surface area (Å²) in [5.41, 5.74) is 0. The third kappa shape index (κ3) is 13.9. The lowest BCUT2D eigenvalue weighted by molar-refractivity contribution is 0.152. The molecule has 4 nitrogen and oxygen atoms in total. The molecule has 17 heavy (non-hydrogen) atoms. The van der Waals surface area contributed by atoms with Crippen molar-refractivity contribution in [3.05, 3.63) is 0 Å². The molecule has 0 bridgehead atoms. The van der Waals surface area contributed by atoms with Crippen molar-refractivity contribution >= 4 is 29.9 Å². The number of ether oxygens (including phenoxy) is 1. The van der Waals surface area contributed by atoms with Crippen molar-refractivity contribution < 1.29 is 4.74 Å². The summed E-state index contributed by atoms with van der Waals surface area (Å²) < 4.78 is 5.26. The number of nitrogens with zero attached hydrogens (tertiary/aromatic N) is 1. The van der Waals surface area contributed by atoms with Gasteiger partial charge in [-0.25, -0.2) is 0 Å².